The number of nitrogens with zero attached hydrogens (tertiary/aromatic N) is 2. The zero-order chi connectivity index (χ0) is 18.7. The van der Waals surface area contributed by atoms with Gasteiger partial charge in [-0.25, -0.2) is 9.59 Å². The van der Waals surface area contributed by atoms with Crippen molar-refractivity contribution in [2.75, 3.05) is 6.61 Å². The van der Waals surface area contributed by atoms with Crippen LogP contribution in [0.25, 0.3) is 11.2 Å². The minimum absolute atomic E-state index is 0.0672. The van der Waals surface area contributed by atoms with Gasteiger partial charge in [-0.2, -0.15) is 0 Å². The summed E-state index contributed by atoms with van der Waals surface area (Å²) in [7, 11) is 0. The third-order valence-corrected chi connectivity index (χ3v) is 3.88. The molecule has 0 unspecified atom stereocenters. The van der Waals surface area contributed by atoms with Crippen LogP contribution in [0.2, 0.25) is 0 Å². The first-order valence-electron chi connectivity index (χ1n) is 7.71. The summed E-state index contributed by atoms with van der Waals surface area (Å²) in [5.74, 6) is 0. The first kappa shape index (κ1) is 19.1. The van der Waals surface area contributed by atoms with Crippen molar-refractivity contribution in [3.8, 4) is 0 Å². The number of aromatic nitrogens is 4. The largest absolute Gasteiger partial charge is 0.394 e. The highest BCUT2D eigenvalue weighted by Crippen LogP contribution is 2.09. The molecule has 139 valence electrons. The number of aliphatic hydroxyl groups excluding tert-OH is 4. The van der Waals surface area contributed by atoms with Crippen molar-refractivity contribution in [1.82, 2.24) is 19.1 Å². The summed E-state index contributed by atoms with van der Waals surface area (Å²) in [5, 5.41) is 38.0. The fourth-order valence-electron chi connectivity index (χ4n) is 2.56. The minimum Gasteiger partial charge on any atom is -0.394 e. The predicted molar refractivity (Wildman–Crippen MR) is 87.1 cm³/mol. The topological polar surface area (TPSA) is 174 Å². The van der Waals surface area contributed by atoms with Gasteiger partial charge in [-0.15, -0.1) is 0 Å². The van der Waals surface area contributed by atoms with Gasteiger partial charge in [0.2, 0.25) is 0 Å². The number of aryl methyl sites for hydroxylation is 1. The second-order valence-electron chi connectivity index (χ2n) is 5.67. The molecule has 0 amide bonds. The second kappa shape index (κ2) is 7.78. The summed E-state index contributed by atoms with van der Waals surface area (Å²) in [4.78, 5) is 40.6. The molecule has 11 nitrogen and oxygen atoms in total. The molecule has 2 heterocycles. The molecule has 2 rings (SSSR count). The third-order valence-electron chi connectivity index (χ3n) is 3.88. The van der Waals surface area contributed by atoms with Gasteiger partial charge < -0.3 is 20.4 Å². The molecule has 0 spiro atoms. The van der Waals surface area contributed by atoms with Crippen LogP contribution in [-0.2, 0) is 13.1 Å². The molecule has 0 bridgehead atoms. The molecular weight excluding hydrogens is 336 g/mol. The molecule has 0 aromatic carbocycles. The molecule has 1 radical (unpaired) electrons. The van der Waals surface area contributed by atoms with Gasteiger partial charge in [0.1, 0.15) is 24.0 Å². The Morgan fingerprint density at radius 2 is 1.72 bits per heavy atom. The first-order chi connectivity index (χ1) is 11.8. The fourth-order valence-corrected chi connectivity index (χ4v) is 2.56. The molecule has 25 heavy (non-hydrogen) atoms. The van der Waals surface area contributed by atoms with Crippen LogP contribution >= 0.6 is 0 Å². The molecule has 6 N–H and O–H groups in total. The van der Waals surface area contributed by atoms with Crippen molar-refractivity contribution in [3.63, 3.8) is 0 Å². The Hall–Kier alpha value is -2.21. The molecule has 0 aliphatic carbocycles. The van der Waals surface area contributed by atoms with E-state index in [-0.39, 0.29) is 17.7 Å². The summed E-state index contributed by atoms with van der Waals surface area (Å²) in [6.45, 7) is 2.56. The SMILES string of the molecule is [CH2]CCCn1c(=O)n(C[C@@H](O)[C@H](O)[C@H](O)CO)c2[nH]c(=O)[nH]c(=O)c21. The summed E-state index contributed by atoms with van der Waals surface area (Å²) in [5.41, 5.74) is -2.43. The van der Waals surface area contributed by atoms with E-state index in [9.17, 15) is 29.7 Å². The lowest BCUT2D eigenvalue weighted by atomic mass is 10.1. The van der Waals surface area contributed by atoms with Crippen LogP contribution < -0.4 is 16.9 Å². The molecule has 3 atom stereocenters. The van der Waals surface area contributed by atoms with E-state index in [0.717, 1.165) is 9.13 Å². The zero-order valence-electron chi connectivity index (χ0n) is 13.4. The second-order valence-corrected chi connectivity index (χ2v) is 5.67. The van der Waals surface area contributed by atoms with Crippen molar-refractivity contribution in [1.29, 1.82) is 0 Å². The molecule has 0 fully saturated rings. The molecule has 2 aromatic heterocycles. The van der Waals surface area contributed by atoms with E-state index in [0.29, 0.717) is 12.8 Å². The van der Waals surface area contributed by atoms with Crippen molar-refractivity contribution in [3.05, 3.63) is 38.2 Å². The molecular formula is C14H21N4O7. The number of fused-ring (bicyclic) bond motifs is 1. The van der Waals surface area contributed by atoms with Gasteiger partial charge >= 0.3 is 11.4 Å². The summed E-state index contributed by atoms with van der Waals surface area (Å²) >= 11 is 0. The van der Waals surface area contributed by atoms with Crippen LogP contribution in [-0.4, -0.2) is 64.4 Å². The molecule has 0 saturated carbocycles. The Kier molecular flexibility index (Phi) is 5.95. The van der Waals surface area contributed by atoms with E-state index in [1.165, 1.54) is 0 Å². The molecule has 11 heteroatoms. The van der Waals surface area contributed by atoms with E-state index < -0.39 is 48.4 Å². The number of aliphatic hydroxyl groups is 4. The minimum atomic E-state index is -1.72. The van der Waals surface area contributed by atoms with Gasteiger partial charge in [0, 0.05) is 6.54 Å². The van der Waals surface area contributed by atoms with Gasteiger partial charge in [-0.1, -0.05) is 13.3 Å². The predicted octanol–water partition coefficient (Wildman–Crippen LogP) is -3.13. The van der Waals surface area contributed by atoms with Gasteiger partial charge in [-0.3, -0.25) is 23.9 Å². The average molecular weight is 357 g/mol. The summed E-state index contributed by atoms with van der Waals surface area (Å²) in [6, 6.07) is 0. The highest BCUT2D eigenvalue weighted by atomic mass is 16.4. The van der Waals surface area contributed by atoms with Gasteiger partial charge in [-0.05, 0) is 6.42 Å². The fraction of sp³-hybridized carbons (Fsp3) is 0.571. The quantitative estimate of drug-likeness (QED) is 0.289. The van der Waals surface area contributed by atoms with E-state index in [1.54, 1.807) is 0 Å². The molecule has 2 aromatic rings. The smallest absolute Gasteiger partial charge is 0.330 e. The number of rotatable bonds is 8. The number of imidazole rings is 1. The van der Waals surface area contributed by atoms with Crippen molar-refractivity contribution >= 4 is 11.2 Å². The lowest BCUT2D eigenvalue weighted by molar-refractivity contribution is -0.0806. The number of unbranched alkanes of at least 4 members (excludes halogenated alkanes) is 1. The van der Waals surface area contributed by atoms with Crippen LogP contribution in [0.1, 0.15) is 12.8 Å². The normalized spacial score (nSPS) is 15.4. The standard InChI is InChI=1S/C14H21N4O7/c1-2-3-4-17-9-11(15-13(24)16-12(9)23)18(14(17)25)5-7(20)10(22)8(21)6-19/h7-8,10,19-22H,1-6H2,(H2,15,16,23,24)/t7-,8-,10+/m1/s1. The van der Waals surface area contributed by atoms with E-state index in [2.05, 4.69) is 11.9 Å². The van der Waals surface area contributed by atoms with E-state index in [1.807, 2.05) is 4.98 Å². The Morgan fingerprint density at radius 3 is 2.32 bits per heavy atom. The molecule has 0 aliphatic heterocycles. The summed E-state index contributed by atoms with van der Waals surface area (Å²) < 4.78 is 2.09. The van der Waals surface area contributed by atoms with Gasteiger partial charge in [0.15, 0.2) is 5.52 Å². The van der Waals surface area contributed by atoms with Crippen molar-refractivity contribution < 1.29 is 20.4 Å². The van der Waals surface area contributed by atoms with Crippen LogP contribution in [0.4, 0.5) is 0 Å². The highest BCUT2D eigenvalue weighted by Gasteiger charge is 2.27. The number of H-pyrrole nitrogens is 2. The Balaban J connectivity index is 2.56. The van der Waals surface area contributed by atoms with Crippen molar-refractivity contribution in [2.24, 2.45) is 0 Å². The monoisotopic (exact) mass is 357 g/mol. The summed E-state index contributed by atoms with van der Waals surface area (Å²) in [6.07, 6.45) is -3.91. The average Bonchev–Trinajstić information content (AvgIpc) is 2.83. The maximum absolute atomic E-state index is 12.6. The lowest BCUT2D eigenvalue weighted by Crippen LogP contribution is -2.43. The maximum Gasteiger partial charge on any atom is 0.330 e. The van der Waals surface area contributed by atoms with Gasteiger partial charge in [0.05, 0.1) is 13.2 Å². The van der Waals surface area contributed by atoms with E-state index >= 15 is 0 Å². The van der Waals surface area contributed by atoms with Gasteiger partial charge in [0.25, 0.3) is 5.56 Å². The Bertz CT molecular complexity index is 893. The first-order valence-corrected chi connectivity index (χ1v) is 7.71. The number of nitrogens with one attached hydrogen (secondary N) is 2. The zero-order valence-corrected chi connectivity index (χ0v) is 13.4. The van der Waals surface area contributed by atoms with Crippen LogP contribution in [0, 0.1) is 6.92 Å². The maximum atomic E-state index is 12.6. The molecule has 0 aliphatic rings. The van der Waals surface area contributed by atoms with E-state index in [4.69, 9.17) is 5.11 Å². The Morgan fingerprint density at radius 1 is 1.04 bits per heavy atom. The number of hydrogen-bond donors (Lipinski definition) is 6. The van der Waals surface area contributed by atoms with Crippen molar-refractivity contribution in [2.45, 2.75) is 44.2 Å². The van der Waals surface area contributed by atoms with Crippen LogP contribution in [0.15, 0.2) is 14.4 Å². The third kappa shape index (κ3) is 3.74. The molecule has 0 saturated heterocycles. The number of aromatic amines is 2. The Labute approximate surface area is 140 Å². The van der Waals surface area contributed by atoms with Crippen LogP contribution in [0.5, 0.6) is 0 Å². The highest BCUT2D eigenvalue weighted by molar-refractivity contribution is 5.69. The van der Waals surface area contributed by atoms with Crippen LogP contribution in [0.3, 0.4) is 0 Å². The number of hydrogen-bond acceptors (Lipinski definition) is 7. The lowest BCUT2D eigenvalue weighted by Gasteiger charge is -2.21.